The summed E-state index contributed by atoms with van der Waals surface area (Å²) in [6.07, 6.45) is 3.69. The maximum atomic E-state index is 12.7. The van der Waals surface area contributed by atoms with Crippen LogP contribution in [0, 0.1) is 10.1 Å². The molecule has 9 nitrogen and oxygen atoms in total. The van der Waals surface area contributed by atoms with E-state index in [2.05, 4.69) is 15.2 Å². The first-order chi connectivity index (χ1) is 20.9. The van der Waals surface area contributed by atoms with E-state index in [0.29, 0.717) is 16.4 Å². The van der Waals surface area contributed by atoms with Crippen LogP contribution in [0.15, 0.2) is 125 Å². The van der Waals surface area contributed by atoms with E-state index in [0.717, 1.165) is 26.9 Å². The van der Waals surface area contributed by atoms with Crippen LogP contribution < -0.4 is 10.2 Å². The van der Waals surface area contributed by atoms with Gasteiger partial charge in [0, 0.05) is 45.7 Å². The first kappa shape index (κ1) is 28.1. The topological polar surface area (TPSA) is 103 Å². The highest BCUT2D eigenvalue weighted by atomic mass is 32.2. The van der Waals surface area contributed by atoms with E-state index >= 15 is 0 Å². The zero-order valence-corrected chi connectivity index (χ0v) is 24.5. The van der Waals surface area contributed by atoms with Crippen LogP contribution in [0.25, 0.3) is 5.69 Å². The molecule has 1 aliphatic heterocycles. The number of ether oxygens (including phenoxy) is 1. The molecule has 0 amide bonds. The highest BCUT2D eigenvalue weighted by Gasteiger charge is 2.42. The van der Waals surface area contributed by atoms with Gasteiger partial charge >= 0.3 is 5.97 Å². The van der Waals surface area contributed by atoms with Crippen LogP contribution in [0.5, 0.6) is 0 Å². The lowest BCUT2D eigenvalue weighted by molar-refractivity contribution is -0.384. The molecule has 0 saturated carbocycles. The molecule has 0 radical (unpaired) electrons. The van der Waals surface area contributed by atoms with Crippen molar-refractivity contribution < 1.29 is 14.5 Å². The number of pyridine rings is 1. The Morgan fingerprint density at radius 2 is 1.65 bits per heavy atom. The number of esters is 1. The van der Waals surface area contributed by atoms with Crippen LogP contribution in [0.2, 0.25) is 0 Å². The van der Waals surface area contributed by atoms with Crippen molar-refractivity contribution in [3.8, 4) is 5.69 Å². The number of aromatic nitrogens is 2. The number of methoxy groups -OCH3 is 1. The number of nitrogens with one attached hydrogen (secondary N) is 1. The van der Waals surface area contributed by atoms with E-state index < -0.39 is 10.9 Å². The van der Waals surface area contributed by atoms with Crippen LogP contribution >= 0.6 is 24.0 Å². The Bertz CT molecular complexity index is 1790. The van der Waals surface area contributed by atoms with Gasteiger partial charge in [0.05, 0.1) is 35.0 Å². The highest BCUT2D eigenvalue weighted by molar-refractivity contribution is 7.99. The quantitative estimate of drug-likeness (QED) is 0.0874. The van der Waals surface area contributed by atoms with Gasteiger partial charge in [-0.1, -0.05) is 30.0 Å². The highest BCUT2D eigenvalue weighted by Crippen LogP contribution is 2.43. The fraction of sp³-hybridized carbons (Fsp3) is 0.0938. The van der Waals surface area contributed by atoms with Crippen molar-refractivity contribution >= 4 is 46.4 Å². The fourth-order valence-corrected chi connectivity index (χ4v) is 6.36. The second kappa shape index (κ2) is 12.1. The number of nitro benzene ring substituents is 1. The Balaban J connectivity index is 1.38. The summed E-state index contributed by atoms with van der Waals surface area (Å²) in [4.78, 5) is 31.9. The van der Waals surface area contributed by atoms with Crippen LogP contribution in [-0.4, -0.2) is 32.7 Å². The van der Waals surface area contributed by atoms with Crippen LogP contribution in [0.1, 0.15) is 33.8 Å². The van der Waals surface area contributed by atoms with Gasteiger partial charge in [0.25, 0.3) is 5.69 Å². The Hall–Kier alpha value is -5.00. The summed E-state index contributed by atoms with van der Waals surface area (Å²) in [5.74, 6) is -0.422. The number of thiocarbonyl (C=S) groups is 1. The van der Waals surface area contributed by atoms with Crippen molar-refractivity contribution in [2.24, 2.45) is 0 Å². The molecule has 5 aromatic rings. The molecule has 0 aliphatic carbocycles. The van der Waals surface area contributed by atoms with E-state index in [9.17, 15) is 14.9 Å². The number of carbonyl (C=O) groups excluding carboxylic acids is 1. The molecule has 2 unspecified atom stereocenters. The van der Waals surface area contributed by atoms with Gasteiger partial charge in [-0.2, -0.15) is 0 Å². The van der Waals surface area contributed by atoms with E-state index in [-0.39, 0.29) is 17.8 Å². The van der Waals surface area contributed by atoms with Gasteiger partial charge in [0.1, 0.15) is 6.04 Å². The van der Waals surface area contributed by atoms with E-state index in [1.807, 2.05) is 83.6 Å². The first-order valence-electron chi connectivity index (χ1n) is 13.3. The lowest BCUT2D eigenvalue weighted by atomic mass is 10.0. The summed E-state index contributed by atoms with van der Waals surface area (Å²) in [5, 5.41) is 15.0. The van der Waals surface area contributed by atoms with E-state index in [1.54, 1.807) is 24.4 Å². The van der Waals surface area contributed by atoms with Crippen molar-refractivity contribution in [1.29, 1.82) is 0 Å². The lowest BCUT2D eigenvalue weighted by Gasteiger charge is -2.29. The summed E-state index contributed by atoms with van der Waals surface area (Å²) in [6, 6.07) is 31.0. The van der Waals surface area contributed by atoms with Gasteiger partial charge in [-0.15, -0.1) is 0 Å². The fourth-order valence-electron chi connectivity index (χ4n) is 5.20. The summed E-state index contributed by atoms with van der Waals surface area (Å²) >= 11 is 7.43. The SMILES string of the molecule is COC(=O)c1ccccc1-n1cccc1C1C(c2ccccn2)NC(=S)N1c1ccc(Sc2ccc([N+](=O)[O-])cc2)cc1. The summed E-state index contributed by atoms with van der Waals surface area (Å²) in [7, 11) is 1.37. The smallest absolute Gasteiger partial charge is 0.339 e. The minimum Gasteiger partial charge on any atom is -0.465 e. The average Bonchev–Trinajstić information content (AvgIpc) is 3.66. The molecule has 11 heteroatoms. The van der Waals surface area contributed by atoms with Gasteiger partial charge in [0.2, 0.25) is 0 Å². The summed E-state index contributed by atoms with van der Waals surface area (Å²) in [5.41, 5.74) is 3.82. The number of anilines is 1. The van der Waals surface area contributed by atoms with Crippen molar-refractivity contribution in [3.63, 3.8) is 0 Å². The van der Waals surface area contributed by atoms with Crippen LogP contribution in [0.3, 0.4) is 0 Å². The molecule has 43 heavy (non-hydrogen) atoms. The standard InChI is InChI=1S/C32H25N5O4S2/c1-41-31(38)25-7-2-3-9-27(25)35-20-6-10-28(35)30-29(26-8-4-5-19-33-26)34-32(42)36(30)21-11-15-23(16-12-21)43-24-17-13-22(14-18-24)37(39)40/h2-20,29-30H,1H3,(H,34,42). The zero-order valence-electron chi connectivity index (χ0n) is 22.9. The van der Waals surface area contributed by atoms with Gasteiger partial charge < -0.3 is 19.5 Å². The second-order valence-corrected chi connectivity index (χ2v) is 11.2. The van der Waals surface area contributed by atoms with Gasteiger partial charge in [-0.3, -0.25) is 15.1 Å². The van der Waals surface area contributed by atoms with E-state index in [4.69, 9.17) is 17.0 Å². The molecule has 0 spiro atoms. The number of hydrogen-bond donors (Lipinski definition) is 1. The van der Waals surface area contributed by atoms with Crippen LogP contribution in [-0.2, 0) is 4.74 Å². The number of benzene rings is 3. The van der Waals surface area contributed by atoms with Crippen molar-refractivity contribution in [3.05, 3.63) is 143 Å². The molecular formula is C32H25N5O4S2. The maximum Gasteiger partial charge on any atom is 0.339 e. The van der Waals surface area contributed by atoms with E-state index in [1.165, 1.54) is 31.0 Å². The molecule has 1 aliphatic rings. The Kier molecular flexibility index (Phi) is 7.91. The summed E-state index contributed by atoms with van der Waals surface area (Å²) < 4.78 is 7.06. The molecule has 2 atom stereocenters. The second-order valence-electron chi connectivity index (χ2n) is 9.66. The van der Waals surface area contributed by atoms with Gasteiger partial charge in [-0.05, 0) is 85.0 Å². The molecule has 1 saturated heterocycles. The third-order valence-electron chi connectivity index (χ3n) is 7.15. The number of para-hydroxylation sites is 1. The Morgan fingerprint density at radius 3 is 2.33 bits per heavy atom. The zero-order chi connectivity index (χ0) is 29.9. The third-order valence-corrected chi connectivity index (χ3v) is 8.48. The third kappa shape index (κ3) is 5.60. The Morgan fingerprint density at radius 1 is 0.953 bits per heavy atom. The number of carbonyl (C=O) groups is 1. The molecule has 6 rings (SSSR count). The maximum absolute atomic E-state index is 12.7. The first-order valence-corrected chi connectivity index (χ1v) is 14.5. The van der Waals surface area contributed by atoms with Crippen LogP contribution in [0.4, 0.5) is 11.4 Å². The molecule has 214 valence electrons. The number of nitro groups is 1. The molecule has 3 heterocycles. The number of rotatable bonds is 8. The molecule has 3 aromatic carbocycles. The number of non-ortho nitro benzene ring substituents is 1. The minimum atomic E-state index is -0.422. The van der Waals surface area contributed by atoms with Crippen molar-refractivity contribution in [2.45, 2.75) is 21.9 Å². The van der Waals surface area contributed by atoms with Crippen molar-refractivity contribution in [1.82, 2.24) is 14.9 Å². The molecule has 0 bridgehead atoms. The largest absolute Gasteiger partial charge is 0.465 e. The predicted molar refractivity (Wildman–Crippen MR) is 169 cm³/mol. The van der Waals surface area contributed by atoms with Gasteiger partial charge in [-0.25, -0.2) is 4.79 Å². The Labute approximate surface area is 257 Å². The number of nitrogens with zero attached hydrogens (tertiary/aromatic N) is 4. The lowest BCUT2D eigenvalue weighted by Crippen LogP contribution is -2.30. The average molecular weight is 608 g/mol. The normalized spacial score (nSPS) is 16.1. The predicted octanol–water partition coefficient (Wildman–Crippen LogP) is 6.90. The molecule has 1 N–H and O–H groups in total. The van der Waals surface area contributed by atoms with Gasteiger partial charge in [0.15, 0.2) is 5.11 Å². The monoisotopic (exact) mass is 607 g/mol. The minimum absolute atomic E-state index is 0.0576. The van der Waals surface area contributed by atoms with Crippen molar-refractivity contribution in [2.75, 3.05) is 12.0 Å². The summed E-state index contributed by atoms with van der Waals surface area (Å²) in [6.45, 7) is 0. The molecular weight excluding hydrogens is 583 g/mol. The number of hydrogen-bond acceptors (Lipinski definition) is 7. The molecule has 1 fully saturated rings. The molecule has 2 aromatic heterocycles.